The number of aromatic amines is 1. The number of pyridine rings is 1. The summed E-state index contributed by atoms with van der Waals surface area (Å²) < 4.78 is 1.01. The number of fused-ring (bicyclic) bond motifs is 1. The molecule has 0 unspecified atom stereocenters. The summed E-state index contributed by atoms with van der Waals surface area (Å²) in [5.74, 6) is 0. The molecule has 2 aromatic heterocycles. The number of rotatable bonds is 0. The van der Waals surface area contributed by atoms with Crippen molar-refractivity contribution in [2.45, 2.75) is 0 Å². The fourth-order valence-electron chi connectivity index (χ4n) is 0.777. The first-order valence-corrected chi connectivity index (χ1v) is 3.67. The molecule has 0 aromatic carbocycles. The Morgan fingerprint density at radius 2 is 2.40 bits per heavy atom. The maximum atomic E-state index is 10.7. The Morgan fingerprint density at radius 3 is 3.30 bits per heavy atom. The third-order valence-corrected chi connectivity index (χ3v) is 2.02. The van der Waals surface area contributed by atoms with Gasteiger partial charge in [-0.05, 0) is 6.07 Å². The maximum absolute atomic E-state index is 10.7. The Kier molecular flexibility index (Phi) is 1.07. The molecule has 0 aliphatic rings. The van der Waals surface area contributed by atoms with Crippen LogP contribution < -0.4 is 5.56 Å². The second-order valence-corrected chi connectivity index (χ2v) is 2.77. The van der Waals surface area contributed by atoms with Crippen molar-refractivity contribution < 1.29 is 0 Å². The highest BCUT2D eigenvalue weighted by Crippen LogP contribution is 2.11. The summed E-state index contributed by atoms with van der Waals surface area (Å²) in [5.41, 5.74) is 2.29. The quantitative estimate of drug-likeness (QED) is 0.611. The van der Waals surface area contributed by atoms with Crippen molar-refractivity contribution in [1.82, 2.24) is 9.97 Å². The van der Waals surface area contributed by atoms with E-state index in [0.717, 1.165) is 4.70 Å². The number of hydrogen-bond donors (Lipinski definition) is 1. The van der Waals surface area contributed by atoms with Crippen molar-refractivity contribution in [3.05, 3.63) is 28.0 Å². The molecule has 0 amide bonds. The molecule has 0 bridgehead atoms. The van der Waals surface area contributed by atoms with Crippen LogP contribution >= 0.6 is 11.3 Å². The van der Waals surface area contributed by atoms with E-state index >= 15 is 0 Å². The van der Waals surface area contributed by atoms with E-state index in [2.05, 4.69) is 9.97 Å². The van der Waals surface area contributed by atoms with Crippen LogP contribution in [0.2, 0.25) is 0 Å². The maximum Gasteiger partial charge on any atom is 0.249 e. The van der Waals surface area contributed by atoms with Crippen molar-refractivity contribution in [3.63, 3.8) is 0 Å². The van der Waals surface area contributed by atoms with E-state index < -0.39 is 0 Å². The van der Waals surface area contributed by atoms with Crippen molar-refractivity contribution >= 4 is 21.7 Å². The lowest BCUT2D eigenvalue weighted by atomic mass is 10.5. The molecular formula is C6H4N2OS. The molecule has 0 fully saturated rings. The minimum Gasteiger partial charge on any atom is -0.306 e. The van der Waals surface area contributed by atoms with E-state index in [4.69, 9.17) is 0 Å². The third-order valence-electron chi connectivity index (χ3n) is 1.22. The van der Waals surface area contributed by atoms with Crippen LogP contribution in [0.4, 0.5) is 0 Å². The predicted molar refractivity (Wildman–Crippen MR) is 40.2 cm³/mol. The van der Waals surface area contributed by atoms with Gasteiger partial charge in [0.2, 0.25) is 5.56 Å². The van der Waals surface area contributed by atoms with Crippen LogP contribution in [0.1, 0.15) is 0 Å². The summed E-state index contributed by atoms with van der Waals surface area (Å²) in [6, 6.07) is 3.27. The van der Waals surface area contributed by atoms with E-state index in [1.807, 2.05) is 0 Å². The molecule has 0 aliphatic heterocycles. The first-order chi connectivity index (χ1) is 4.86. The fourth-order valence-corrected chi connectivity index (χ4v) is 1.41. The average Bonchev–Trinajstić information content (AvgIpc) is 2.33. The Morgan fingerprint density at radius 1 is 1.50 bits per heavy atom. The van der Waals surface area contributed by atoms with Gasteiger partial charge in [0.15, 0.2) is 5.65 Å². The molecule has 0 aliphatic carbocycles. The molecule has 3 nitrogen and oxygen atoms in total. The Balaban J connectivity index is 2.99. The molecule has 0 spiro atoms. The Bertz CT molecular complexity index is 403. The molecule has 0 atom stereocenters. The lowest BCUT2D eigenvalue weighted by Crippen LogP contribution is -2.01. The van der Waals surface area contributed by atoms with Crippen molar-refractivity contribution in [2.75, 3.05) is 0 Å². The molecule has 10 heavy (non-hydrogen) atoms. The van der Waals surface area contributed by atoms with Gasteiger partial charge in [0.05, 0.1) is 10.2 Å². The van der Waals surface area contributed by atoms with Crippen LogP contribution in [0.15, 0.2) is 22.4 Å². The van der Waals surface area contributed by atoms with Crippen molar-refractivity contribution in [1.29, 1.82) is 0 Å². The highest BCUT2D eigenvalue weighted by Gasteiger charge is 1.93. The number of nitrogens with zero attached hydrogens (tertiary/aromatic N) is 1. The van der Waals surface area contributed by atoms with E-state index in [1.54, 1.807) is 11.6 Å². The van der Waals surface area contributed by atoms with Gasteiger partial charge >= 0.3 is 0 Å². The van der Waals surface area contributed by atoms with Crippen molar-refractivity contribution in [3.8, 4) is 0 Å². The summed E-state index contributed by atoms with van der Waals surface area (Å²) >= 11 is 1.51. The van der Waals surface area contributed by atoms with Crippen molar-refractivity contribution in [2.24, 2.45) is 0 Å². The summed E-state index contributed by atoms with van der Waals surface area (Å²) in [6.45, 7) is 0. The SMILES string of the molecule is O=c1ccc2scnc2[nH]1. The van der Waals surface area contributed by atoms with Crippen LogP contribution in [0.5, 0.6) is 0 Å². The van der Waals surface area contributed by atoms with Gasteiger partial charge < -0.3 is 4.98 Å². The normalized spacial score (nSPS) is 10.4. The zero-order valence-electron chi connectivity index (χ0n) is 5.00. The molecule has 2 rings (SSSR count). The summed E-state index contributed by atoms with van der Waals surface area (Å²) in [6.07, 6.45) is 0. The van der Waals surface area contributed by atoms with Gasteiger partial charge in [0, 0.05) is 6.07 Å². The highest BCUT2D eigenvalue weighted by atomic mass is 32.1. The number of thiazole rings is 1. The predicted octanol–water partition coefficient (Wildman–Crippen LogP) is 0.985. The number of H-pyrrole nitrogens is 1. The minimum absolute atomic E-state index is 0.0987. The molecule has 0 radical (unpaired) electrons. The second-order valence-electron chi connectivity index (χ2n) is 1.89. The first-order valence-electron chi connectivity index (χ1n) is 2.79. The molecule has 2 aromatic rings. The fraction of sp³-hybridized carbons (Fsp3) is 0. The van der Waals surface area contributed by atoms with Gasteiger partial charge in [0.1, 0.15) is 0 Å². The largest absolute Gasteiger partial charge is 0.306 e. The van der Waals surface area contributed by atoms with Crippen LogP contribution in [-0.2, 0) is 0 Å². The standard InChI is InChI=1S/C6H4N2OS/c9-5-2-1-4-6(8-5)7-3-10-4/h1-3H,(H,8,9). The minimum atomic E-state index is -0.0987. The average molecular weight is 152 g/mol. The topological polar surface area (TPSA) is 45.8 Å². The summed E-state index contributed by atoms with van der Waals surface area (Å²) in [5, 5.41) is 0. The molecule has 0 saturated heterocycles. The molecular weight excluding hydrogens is 148 g/mol. The summed E-state index contributed by atoms with van der Waals surface area (Å²) in [4.78, 5) is 17.2. The third kappa shape index (κ3) is 0.733. The number of nitrogens with one attached hydrogen (secondary N) is 1. The highest BCUT2D eigenvalue weighted by molar-refractivity contribution is 7.16. The lowest BCUT2D eigenvalue weighted by Gasteiger charge is -1.82. The van der Waals surface area contributed by atoms with Crippen LogP contribution in [-0.4, -0.2) is 9.97 Å². The van der Waals surface area contributed by atoms with E-state index in [9.17, 15) is 4.79 Å². The van der Waals surface area contributed by atoms with Gasteiger partial charge in [-0.3, -0.25) is 4.79 Å². The van der Waals surface area contributed by atoms with Crippen LogP contribution in [0.25, 0.3) is 10.3 Å². The molecule has 4 heteroatoms. The van der Waals surface area contributed by atoms with E-state index in [1.165, 1.54) is 17.4 Å². The van der Waals surface area contributed by atoms with Gasteiger partial charge in [-0.2, -0.15) is 0 Å². The van der Waals surface area contributed by atoms with Crippen LogP contribution in [0, 0.1) is 0 Å². The monoisotopic (exact) mass is 152 g/mol. The van der Waals surface area contributed by atoms with Gasteiger partial charge in [0.25, 0.3) is 0 Å². The number of aromatic nitrogens is 2. The zero-order valence-corrected chi connectivity index (χ0v) is 5.81. The molecule has 2 heterocycles. The van der Waals surface area contributed by atoms with Gasteiger partial charge in [-0.25, -0.2) is 4.98 Å². The Labute approximate surface area is 60.4 Å². The molecule has 50 valence electrons. The van der Waals surface area contributed by atoms with Crippen LogP contribution in [0.3, 0.4) is 0 Å². The van der Waals surface area contributed by atoms with Gasteiger partial charge in [-0.15, -0.1) is 11.3 Å². The Hall–Kier alpha value is -1.16. The summed E-state index contributed by atoms with van der Waals surface area (Å²) in [7, 11) is 0. The van der Waals surface area contributed by atoms with E-state index in [0.29, 0.717) is 5.65 Å². The molecule has 0 saturated carbocycles. The van der Waals surface area contributed by atoms with Gasteiger partial charge in [-0.1, -0.05) is 0 Å². The second kappa shape index (κ2) is 1.91. The first kappa shape index (κ1) is 5.61. The lowest BCUT2D eigenvalue weighted by molar-refractivity contribution is 1.26. The number of hydrogen-bond acceptors (Lipinski definition) is 3. The smallest absolute Gasteiger partial charge is 0.249 e. The molecule has 1 N–H and O–H groups in total. The zero-order chi connectivity index (χ0) is 6.97. The van der Waals surface area contributed by atoms with E-state index in [-0.39, 0.29) is 5.56 Å².